The average molecular weight is 272 g/mol. The van der Waals surface area contributed by atoms with Crippen LogP contribution in [-0.2, 0) is 6.18 Å². The largest absolute Gasteiger partial charge is 0.416 e. The van der Waals surface area contributed by atoms with Gasteiger partial charge in [0.2, 0.25) is 0 Å². The van der Waals surface area contributed by atoms with Crippen molar-refractivity contribution in [2.45, 2.75) is 38.7 Å². The number of hydrogen-bond acceptors (Lipinski definition) is 0. The topological polar surface area (TPSA) is 0 Å². The second kappa shape index (κ2) is 5.74. The van der Waals surface area contributed by atoms with Gasteiger partial charge in [0.15, 0.2) is 0 Å². The number of benzene rings is 1. The molecule has 0 aliphatic carbocycles. The Kier molecular flexibility index (Phi) is 4.79. The first-order chi connectivity index (χ1) is 8.24. The lowest BCUT2D eigenvalue weighted by Crippen LogP contribution is -2.21. The van der Waals surface area contributed by atoms with E-state index in [2.05, 4.69) is 25.7 Å². The summed E-state index contributed by atoms with van der Waals surface area (Å²) in [6.45, 7) is 6.68. The molecule has 0 saturated carbocycles. The highest BCUT2D eigenvalue weighted by atomic mass is 28.3. The number of alkyl halides is 3. The second-order valence-electron chi connectivity index (χ2n) is 5.19. The average Bonchev–Trinajstić information content (AvgIpc) is 2.26. The summed E-state index contributed by atoms with van der Waals surface area (Å²) in [4.78, 5) is 0. The Morgan fingerprint density at radius 2 is 1.67 bits per heavy atom. The molecule has 1 aromatic carbocycles. The molecule has 100 valence electrons. The van der Waals surface area contributed by atoms with Crippen LogP contribution in [0.5, 0.6) is 0 Å². The Morgan fingerprint density at radius 1 is 1.11 bits per heavy atom. The molecule has 0 radical (unpaired) electrons. The maximum atomic E-state index is 12.4. The van der Waals surface area contributed by atoms with Crippen LogP contribution in [0, 0.1) is 0 Å². The zero-order valence-corrected chi connectivity index (χ0v) is 12.0. The summed E-state index contributed by atoms with van der Waals surface area (Å²) < 4.78 is 37.2. The summed E-state index contributed by atoms with van der Waals surface area (Å²) in [6, 6.07) is 6.51. The molecule has 0 fully saturated rings. The lowest BCUT2D eigenvalue weighted by atomic mass is 10.1. The summed E-state index contributed by atoms with van der Waals surface area (Å²) in [7, 11) is -1.34. The van der Waals surface area contributed by atoms with E-state index < -0.39 is 19.8 Å². The van der Waals surface area contributed by atoms with Gasteiger partial charge in [-0.25, -0.2) is 0 Å². The molecule has 0 saturated heterocycles. The van der Waals surface area contributed by atoms with Gasteiger partial charge in [-0.2, -0.15) is 13.2 Å². The summed E-state index contributed by atoms with van der Waals surface area (Å²) in [5, 5.41) is 0. The third-order valence-electron chi connectivity index (χ3n) is 2.86. The van der Waals surface area contributed by atoms with Crippen molar-refractivity contribution < 1.29 is 13.2 Å². The minimum Gasteiger partial charge on any atom is -0.166 e. The minimum atomic E-state index is -4.25. The molecule has 0 aliphatic rings. The predicted octanol–water partition coefficient (Wildman–Crippen LogP) is 5.38. The monoisotopic (exact) mass is 272 g/mol. The van der Waals surface area contributed by atoms with Crippen LogP contribution in [0.1, 0.15) is 24.5 Å². The molecular formula is C14H19F3Si. The van der Waals surface area contributed by atoms with Crippen LogP contribution in [0.25, 0.3) is 6.08 Å². The van der Waals surface area contributed by atoms with Gasteiger partial charge in [0.1, 0.15) is 0 Å². The number of rotatable bonds is 4. The highest BCUT2D eigenvalue weighted by Crippen LogP contribution is 2.29. The van der Waals surface area contributed by atoms with Gasteiger partial charge in [-0.15, -0.1) is 0 Å². The van der Waals surface area contributed by atoms with E-state index in [1.807, 2.05) is 6.08 Å². The van der Waals surface area contributed by atoms with Crippen molar-refractivity contribution in [3.63, 3.8) is 0 Å². The SMILES string of the molecule is CCC[Si](C)(C)/C=C/c1ccc(C(F)(F)F)cc1. The molecule has 0 heterocycles. The fraction of sp³-hybridized carbons (Fsp3) is 0.429. The van der Waals surface area contributed by atoms with Crippen LogP contribution >= 0.6 is 0 Å². The fourth-order valence-electron chi connectivity index (χ4n) is 1.83. The molecular weight excluding hydrogens is 253 g/mol. The summed E-state index contributed by atoms with van der Waals surface area (Å²) in [5.74, 6) is 0. The summed E-state index contributed by atoms with van der Waals surface area (Å²) >= 11 is 0. The summed E-state index contributed by atoms with van der Waals surface area (Å²) in [5.41, 5.74) is 2.43. The van der Waals surface area contributed by atoms with Crippen molar-refractivity contribution in [1.82, 2.24) is 0 Å². The van der Waals surface area contributed by atoms with E-state index in [9.17, 15) is 13.2 Å². The van der Waals surface area contributed by atoms with Crippen molar-refractivity contribution in [2.75, 3.05) is 0 Å². The first-order valence-electron chi connectivity index (χ1n) is 6.11. The Morgan fingerprint density at radius 3 is 2.11 bits per heavy atom. The Hall–Kier alpha value is -1.03. The van der Waals surface area contributed by atoms with Gasteiger partial charge in [0.05, 0.1) is 13.6 Å². The smallest absolute Gasteiger partial charge is 0.166 e. The van der Waals surface area contributed by atoms with Crippen molar-refractivity contribution in [3.8, 4) is 0 Å². The quantitative estimate of drug-likeness (QED) is 0.646. The molecule has 0 amide bonds. The third kappa shape index (κ3) is 4.68. The highest BCUT2D eigenvalue weighted by molar-refractivity contribution is 6.82. The molecule has 18 heavy (non-hydrogen) atoms. The van der Waals surface area contributed by atoms with E-state index in [1.165, 1.54) is 18.2 Å². The van der Waals surface area contributed by atoms with E-state index in [4.69, 9.17) is 0 Å². The molecule has 4 heteroatoms. The molecule has 0 unspecified atom stereocenters. The van der Waals surface area contributed by atoms with Gasteiger partial charge in [0.25, 0.3) is 0 Å². The van der Waals surface area contributed by atoms with E-state index in [-0.39, 0.29) is 0 Å². The van der Waals surface area contributed by atoms with Crippen LogP contribution in [0.4, 0.5) is 13.2 Å². The molecule has 1 aromatic rings. The van der Waals surface area contributed by atoms with Crippen molar-refractivity contribution in [2.24, 2.45) is 0 Å². The number of hydrogen-bond donors (Lipinski definition) is 0. The van der Waals surface area contributed by atoms with Crippen LogP contribution in [0.3, 0.4) is 0 Å². The Labute approximate surface area is 108 Å². The Balaban J connectivity index is 2.78. The first kappa shape index (κ1) is 15.0. The standard InChI is InChI=1S/C14H19F3Si/c1-4-10-18(2,3)11-9-12-5-7-13(8-6-12)14(15,16)17/h5-9,11H,4,10H2,1-3H3/b11-9+. The van der Waals surface area contributed by atoms with Crippen LogP contribution < -0.4 is 0 Å². The normalized spacial score (nSPS) is 13.2. The molecule has 0 N–H and O–H groups in total. The molecule has 0 aromatic heterocycles. The fourth-order valence-corrected chi connectivity index (χ4v) is 3.93. The van der Waals surface area contributed by atoms with Gasteiger partial charge in [0, 0.05) is 0 Å². The van der Waals surface area contributed by atoms with Gasteiger partial charge in [-0.1, -0.05) is 56.4 Å². The molecule has 0 bridgehead atoms. The first-order valence-corrected chi connectivity index (χ1v) is 9.39. The summed E-state index contributed by atoms with van der Waals surface area (Å²) in [6.07, 6.45) is -1.16. The van der Waals surface area contributed by atoms with Crippen molar-refractivity contribution in [3.05, 3.63) is 41.1 Å². The molecule has 0 nitrogen and oxygen atoms in total. The van der Waals surface area contributed by atoms with Gasteiger partial charge in [-0.3, -0.25) is 0 Å². The lowest BCUT2D eigenvalue weighted by Gasteiger charge is -2.16. The van der Waals surface area contributed by atoms with E-state index in [0.717, 1.165) is 24.1 Å². The minimum absolute atomic E-state index is 0.593. The third-order valence-corrected chi connectivity index (χ3v) is 5.72. The highest BCUT2D eigenvalue weighted by Gasteiger charge is 2.29. The zero-order valence-electron chi connectivity index (χ0n) is 11.0. The lowest BCUT2D eigenvalue weighted by molar-refractivity contribution is -0.137. The van der Waals surface area contributed by atoms with E-state index in [1.54, 1.807) is 0 Å². The van der Waals surface area contributed by atoms with Gasteiger partial charge >= 0.3 is 6.18 Å². The van der Waals surface area contributed by atoms with E-state index >= 15 is 0 Å². The molecule has 0 spiro atoms. The second-order valence-corrected chi connectivity index (χ2v) is 10.0. The van der Waals surface area contributed by atoms with Crippen molar-refractivity contribution in [1.29, 1.82) is 0 Å². The molecule has 0 aliphatic heterocycles. The van der Waals surface area contributed by atoms with Gasteiger partial charge < -0.3 is 0 Å². The van der Waals surface area contributed by atoms with Crippen LogP contribution in [0.2, 0.25) is 19.1 Å². The molecule has 0 atom stereocenters. The number of halogens is 3. The van der Waals surface area contributed by atoms with Crippen LogP contribution in [-0.4, -0.2) is 8.07 Å². The van der Waals surface area contributed by atoms with Gasteiger partial charge in [-0.05, 0) is 17.7 Å². The van der Waals surface area contributed by atoms with Crippen molar-refractivity contribution >= 4 is 14.1 Å². The maximum Gasteiger partial charge on any atom is 0.416 e. The van der Waals surface area contributed by atoms with Crippen LogP contribution in [0.15, 0.2) is 30.0 Å². The zero-order chi connectivity index (χ0) is 13.8. The predicted molar refractivity (Wildman–Crippen MR) is 73.1 cm³/mol. The Bertz CT molecular complexity index is 402. The van der Waals surface area contributed by atoms with E-state index in [0.29, 0.717) is 0 Å². The molecule has 1 rings (SSSR count). The maximum absolute atomic E-state index is 12.4.